The van der Waals surface area contributed by atoms with Crippen LogP contribution in [0, 0.1) is 0 Å². The second-order valence-corrected chi connectivity index (χ2v) is 7.74. The lowest BCUT2D eigenvalue weighted by molar-refractivity contribution is -0.130. The van der Waals surface area contributed by atoms with E-state index in [9.17, 15) is 4.79 Å². The van der Waals surface area contributed by atoms with Crippen LogP contribution in [-0.2, 0) is 11.3 Å². The van der Waals surface area contributed by atoms with Crippen LogP contribution < -0.4 is 10.6 Å². The summed E-state index contributed by atoms with van der Waals surface area (Å²) in [5.74, 6) is 1.69. The molecule has 1 amide bonds. The maximum atomic E-state index is 12.0. The highest BCUT2D eigenvalue weighted by atomic mass is 127. The number of thiophene rings is 1. The zero-order valence-corrected chi connectivity index (χ0v) is 20.0. The molecule has 2 N–H and O–H groups in total. The standard InChI is InChI=1S/C20H29N5O2S.HI/c1-2-21-20(22-10-7-12-25-11-5-3-4-9-18(25)26)23-14-16-15-27-19(24-16)17-8-6-13-28-17;/h6,8,13,15H,2-5,7,9-12,14H2,1H3,(H2,21,22,23);1H. The predicted molar refractivity (Wildman–Crippen MR) is 128 cm³/mol. The highest BCUT2D eigenvalue weighted by molar-refractivity contribution is 14.0. The van der Waals surface area contributed by atoms with Crippen molar-refractivity contribution in [3.8, 4) is 10.8 Å². The summed E-state index contributed by atoms with van der Waals surface area (Å²) in [4.78, 5) is 24.1. The number of aliphatic imine (C=N–C) groups is 1. The van der Waals surface area contributed by atoms with Crippen LogP contribution in [0.5, 0.6) is 0 Å². The third-order valence-corrected chi connectivity index (χ3v) is 5.45. The average molecular weight is 531 g/mol. The van der Waals surface area contributed by atoms with Crippen molar-refractivity contribution in [2.75, 3.05) is 26.2 Å². The van der Waals surface area contributed by atoms with Gasteiger partial charge in [-0.05, 0) is 37.6 Å². The maximum absolute atomic E-state index is 12.0. The van der Waals surface area contributed by atoms with Gasteiger partial charge in [0.2, 0.25) is 11.8 Å². The molecule has 160 valence electrons. The lowest BCUT2D eigenvalue weighted by atomic mass is 10.2. The lowest BCUT2D eigenvalue weighted by Gasteiger charge is -2.20. The van der Waals surface area contributed by atoms with Crippen molar-refractivity contribution in [3.63, 3.8) is 0 Å². The molecule has 0 radical (unpaired) electrons. The minimum atomic E-state index is 0. The van der Waals surface area contributed by atoms with Crippen molar-refractivity contribution in [2.24, 2.45) is 4.99 Å². The number of hydrogen-bond donors (Lipinski definition) is 2. The van der Waals surface area contributed by atoms with Crippen LogP contribution in [-0.4, -0.2) is 47.9 Å². The number of oxazole rings is 1. The van der Waals surface area contributed by atoms with E-state index < -0.39 is 0 Å². The average Bonchev–Trinajstić information content (AvgIpc) is 3.35. The molecule has 2 aromatic heterocycles. The third-order valence-electron chi connectivity index (χ3n) is 4.60. The molecular formula is C20H30IN5O2S. The van der Waals surface area contributed by atoms with Gasteiger partial charge in [-0.3, -0.25) is 4.79 Å². The van der Waals surface area contributed by atoms with Gasteiger partial charge in [0.15, 0.2) is 5.96 Å². The lowest BCUT2D eigenvalue weighted by Crippen LogP contribution is -2.39. The number of hydrogen-bond acceptors (Lipinski definition) is 5. The van der Waals surface area contributed by atoms with Gasteiger partial charge in [-0.25, -0.2) is 9.98 Å². The van der Waals surface area contributed by atoms with Crippen LogP contribution in [0.4, 0.5) is 0 Å². The van der Waals surface area contributed by atoms with Crippen molar-refractivity contribution < 1.29 is 9.21 Å². The smallest absolute Gasteiger partial charge is 0.236 e. The molecule has 1 fully saturated rings. The summed E-state index contributed by atoms with van der Waals surface area (Å²) in [5.41, 5.74) is 0.802. The Hall–Kier alpha value is -1.62. The van der Waals surface area contributed by atoms with E-state index in [-0.39, 0.29) is 24.0 Å². The third kappa shape index (κ3) is 7.61. The second-order valence-electron chi connectivity index (χ2n) is 6.79. The number of nitrogens with one attached hydrogen (secondary N) is 2. The molecule has 0 aromatic carbocycles. The summed E-state index contributed by atoms with van der Waals surface area (Å²) >= 11 is 1.60. The summed E-state index contributed by atoms with van der Waals surface area (Å²) in [5, 5.41) is 8.59. The van der Waals surface area contributed by atoms with Gasteiger partial charge in [0, 0.05) is 32.6 Å². The molecule has 7 nitrogen and oxygen atoms in total. The molecule has 3 heterocycles. The molecule has 29 heavy (non-hydrogen) atoms. The zero-order valence-electron chi connectivity index (χ0n) is 16.9. The summed E-state index contributed by atoms with van der Waals surface area (Å²) in [6.07, 6.45) is 6.57. The van der Waals surface area contributed by atoms with Crippen LogP contribution in [0.2, 0.25) is 0 Å². The number of carbonyl (C=O) groups excluding carboxylic acids is 1. The predicted octanol–water partition coefficient (Wildman–Crippen LogP) is 3.87. The number of amides is 1. The second kappa shape index (κ2) is 12.8. The largest absolute Gasteiger partial charge is 0.443 e. The first kappa shape index (κ1) is 23.7. The van der Waals surface area contributed by atoms with E-state index in [2.05, 4.69) is 20.6 Å². The van der Waals surface area contributed by atoms with Crippen LogP contribution >= 0.6 is 35.3 Å². The van der Waals surface area contributed by atoms with Gasteiger partial charge in [0.05, 0.1) is 11.4 Å². The number of rotatable bonds is 8. The fourth-order valence-electron chi connectivity index (χ4n) is 3.15. The number of guanidine groups is 1. The monoisotopic (exact) mass is 531 g/mol. The van der Waals surface area contributed by atoms with Crippen molar-refractivity contribution in [3.05, 3.63) is 29.5 Å². The highest BCUT2D eigenvalue weighted by Gasteiger charge is 2.15. The van der Waals surface area contributed by atoms with E-state index in [4.69, 9.17) is 4.42 Å². The topological polar surface area (TPSA) is 82.8 Å². The van der Waals surface area contributed by atoms with E-state index in [0.717, 1.165) is 68.4 Å². The van der Waals surface area contributed by atoms with Gasteiger partial charge < -0.3 is 20.0 Å². The van der Waals surface area contributed by atoms with Crippen LogP contribution in [0.15, 0.2) is 33.2 Å². The van der Waals surface area contributed by atoms with Gasteiger partial charge in [-0.2, -0.15) is 0 Å². The highest BCUT2D eigenvalue weighted by Crippen LogP contribution is 2.23. The Balaban J connectivity index is 0.00000300. The Morgan fingerprint density at radius 1 is 1.34 bits per heavy atom. The minimum Gasteiger partial charge on any atom is -0.443 e. The number of carbonyl (C=O) groups is 1. The molecule has 0 aliphatic carbocycles. The van der Waals surface area contributed by atoms with Crippen molar-refractivity contribution >= 4 is 47.2 Å². The normalized spacial score (nSPS) is 15.0. The number of likely N-dealkylation sites (tertiary alicyclic amines) is 1. The zero-order chi connectivity index (χ0) is 19.6. The SMILES string of the molecule is CCNC(=NCc1coc(-c2cccs2)n1)NCCCN1CCCCCC1=O.I. The summed E-state index contributed by atoms with van der Waals surface area (Å²) in [7, 11) is 0. The van der Waals surface area contributed by atoms with E-state index in [1.807, 2.05) is 29.3 Å². The van der Waals surface area contributed by atoms with Crippen molar-refractivity contribution in [2.45, 2.75) is 45.6 Å². The van der Waals surface area contributed by atoms with Crippen molar-refractivity contribution in [1.82, 2.24) is 20.5 Å². The van der Waals surface area contributed by atoms with E-state index in [0.29, 0.717) is 24.8 Å². The van der Waals surface area contributed by atoms with Crippen molar-refractivity contribution in [1.29, 1.82) is 0 Å². The maximum Gasteiger partial charge on any atom is 0.236 e. The fourth-order valence-corrected chi connectivity index (χ4v) is 3.80. The van der Waals surface area contributed by atoms with Crippen LogP contribution in [0.1, 0.15) is 44.7 Å². The Morgan fingerprint density at radius 3 is 3.03 bits per heavy atom. The molecule has 0 unspecified atom stereocenters. The Labute approximate surface area is 193 Å². The number of halogens is 1. The van der Waals surface area contributed by atoms with E-state index in [1.165, 1.54) is 0 Å². The minimum absolute atomic E-state index is 0. The first-order chi connectivity index (χ1) is 13.8. The van der Waals surface area contributed by atoms with Gasteiger partial charge in [-0.1, -0.05) is 12.5 Å². The Kier molecular flexibility index (Phi) is 10.5. The van der Waals surface area contributed by atoms with E-state index in [1.54, 1.807) is 17.6 Å². The molecule has 1 aliphatic rings. The van der Waals surface area contributed by atoms with E-state index >= 15 is 0 Å². The summed E-state index contributed by atoms with van der Waals surface area (Å²) in [6.45, 7) is 5.75. The molecule has 3 rings (SSSR count). The quantitative estimate of drug-likeness (QED) is 0.234. The molecule has 1 aliphatic heterocycles. The number of aromatic nitrogens is 1. The first-order valence-corrected chi connectivity index (χ1v) is 10.9. The first-order valence-electron chi connectivity index (χ1n) is 10.0. The number of nitrogens with zero attached hydrogens (tertiary/aromatic N) is 3. The molecule has 0 saturated carbocycles. The van der Waals surface area contributed by atoms with Crippen LogP contribution in [0.3, 0.4) is 0 Å². The molecule has 0 bridgehead atoms. The Bertz CT molecular complexity index is 763. The summed E-state index contributed by atoms with van der Waals surface area (Å²) < 4.78 is 5.54. The molecule has 9 heteroatoms. The van der Waals surface area contributed by atoms with Gasteiger partial charge in [0.1, 0.15) is 12.0 Å². The molecule has 0 spiro atoms. The Morgan fingerprint density at radius 2 is 2.24 bits per heavy atom. The van der Waals surface area contributed by atoms with Gasteiger partial charge >= 0.3 is 0 Å². The van der Waals surface area contributed by atoms with Crippen LogP contribution in [0.25, 0.3) is 10.8 Å². The fraction of sp³-hybridized carbons (Fsp3) is 0.550. The summed E-state index contributed by atoms with van der Waals surface area (Å²) in [6, 6.07) is 3.97. The van der Waals surface area contributed by atoms with Gasteiger partial charge in [-0.15, -0.1) is 35.3 Å². The molecular weight excluding hydrogens is 501 g/mol. The van der Waals surface area contributed by atoms with Gasteiger partial charge in [0.25, 0.3) is 0 Å². The molecule has 1 saturated heterocycles. The molecule has 2 aromatic rings. The molecule has 0 atom stereocenters.